The number of hydrogen-bond donors (Lipinski definition) is 1. The van der Waals surface area contributed by atoms with Crippen LogP contribution in [-0.2, 0) is 9.47 Å². The summed E-state index contributed by atoms with van der Waals surface area (Å²) in [4.78, 5) is 0. The van der Waals surface area contributed by atoms with Crippen molar-refractivity contribution < 1.29 is 14.2 Å². The van der Waals surface area contributed by atoms with Crippen LogP contribution in [0, 0.1) is 0 Å². The van der Waals surface area contributed by atoms with Crippen molar-refractivity contribution in [1.29, 1.82) is 0 Å². The Morgan fingerprint density at radius 2 is 2.10 bits per heavy atom. The van der Waals surface area contributed by atoms with Crippen LogP contribution in [0.25, 0.3) is 0 Å². The zero-order chi connectivity index (χ0) is 15.4. The summed E-state index contributed by atoms with van der Waals surface area (Å²) >= 11 is 3.51. The summed E-state index contributed by atoms with van der Waals surface area (Å²) in [6.45, 7) is 5.44. The van der Waals surface area contributed by atoms with E-state index < -0.39 is 0 Å². The Balaban J connectivity index is 2.01. The summed E-state index contributed by atoms with van der Waals surface area (Å²) in [6, 6.07) is 6.17. The molecule has 21 heavy (non-hydrogen) atoms. The van der Waals surface area contributed by atoms with Crippen LogP contribution in [0.2, 0.25) is 0 Å². The van der Waals surface area contributed by atoms with Gasteiger partial charge in [-0.3, -0.25) is 0 Å². The molecular formula is C16H24BrNO3. The zero-order valence-electron chi connectivity index (χ0n) is 12.8. The van der Waals surface area contributed by atoms with E-state index in [2.05, 4.69) is 35.8 Å². The topological polar surface area (TPSA) is 53.7 Å². The normalized spacial score (nSPS) is 25.0. The molecule has 5 heteroatoms. The molecule has 0 saturated heterocycles. The summed E-state index contributed by atoms with van der Waals surface area (Å²) in [5.41, 5.74) is 7.21. The molecule has 1 aromatic rings. The van der Waals surface area contributed by atoms with E-state index in [4.69, 9.17) is 19.9 Å². The fraction of sp³-hybridized carbons (Fsp3) is 0.625. The molecule has 0 spiro atoms. The number of halogens is 1. The highest BCUT2D eigenvalue weighted by Gasteiger charge is 2.41. The van der Waals surface area contributed by atoms with Crippen molar-refractivity contribution in [2.24, 2.45) is 5.73 Å². The van der Waals surface area contributed by atoms with Crippen molar-refractivity contribution in [3.8, 4) is 5.75 Å². The number of nitrogens with two attached hydrogens (primary N) is 1. The standard InChI is InChI=1S/C16H24BrNO3/c1-10(2)12-8-11(17)4-5-14(12)21-15-9-13(18)16(15)20-7-6-19-3/h4-5,8,10,13,15-16H,6-7,9,18H2,1-3H3. The lowest BCUT2D eigenvalue weighted by atomic mass is 9.86. The first-order valence-corrected chi connectivity index (χ1v) is 8.14. The summed E-state index contributed by atoms with van der Waals surface area (Å²) in [5.74, 6) is 1.32. The minimum atomic E-state index is -0.0520. The number of benzene rings is 1. The fourth-order valence-corrected chi connectivity index (χ4v) is 2.85. The van der Waals surface area contributed by atoms with Crippen LogP contribution in [0.3, 0.4) is 0 Å². The first-order valence-electron chi connectivity index (χ1n) is 7.35. The molecule has 1 aromatic carbocycles. The Hall–Kier alpha value is -0.620. The fourth-order valence-electron chi connectivity index (χ4n) is 2.47. The summed E-state index contributed by atoms with van der Waals surface area (Å²) in [6.07, 6.45) is 0.796. The van der Waals surface area contributed by atoms with Gasteiger partial charge in [-0.05, 0) is 29.7 Å². The second kappa shape index (κ2) is 7.58. The van der Waals surface area contributed by atoms with E-state index in [9.17, 15) is 0 Å². The molecule has 0 aromatic heterocycles. The van der Waals surface area contributed by atoms with Crippen molar-refractivity contribution in [3.63, 3.8) is 0 Å². The van der Waals surface area contributed by atoms with Crippen LogP contribution in [0.15, 0.2) is 22.7 Å². The van der Waals surface area contributed by atoms with E-state index >= 15 is 0 Å². The van der Waals surface area contributed by atoms with Crippen molar-refractivity contribution in [1.82, 2.24) is 0 Å². The van der Waals surface area contributed by atoms with Crippen LogP contribution >= 0.6 is 15.9 Å². The van der Waals surface area contributed by atoms with Crippen molar-refractivity contribution in [2.45, 2.75) is 44.4 Å². The molecule has 1 aliphatic carbocycles. The second-order valence-corrected chi connectivity index (χ2v) is 6.64. The Kier molecular flexibility index (Phi) is 6.05. The van der Waals surface area contributed by atoms with Gasteiger partial charge in [0.05, 0.1) is 13.2 Å². The molecule has 2 rings (SSSR count). The Bertz CT molecular complexity index is 467. The van der Waals surface area contributed by atoms with Gasteiger partial charge in [0.25, 0.3) is 0 Å². The quantitative estimate of drug-likeness (QED) is 0.761. The molecule has 118 valence electrons. The molecule has 1 saturated carbocycles. The highest BCUT2D eigenvalue weighted by Crippen LogP contribution is 2.34. The Labute approximate surface area is 135 Å². The first kappa shape index (κ1) is 16.7. The lowest BCUT2D eigenvalue weighted by molar-refractivity contribution is -0.107. The van der Waals surface area contributed by atoms with E-state index in [0.29, 0.717) is 19.1 Å². The van der Waals surface area contributed by atoms with E-state index in [1.165, 1.54) is 5.56 Å². The number of rotatable bonds is 7. The van der Waals surface area contributed by atoms with Crippen LogP contribution in [0.5, 0.6) is 5.75 Å². The van der Waals surface area contributed by atoms with Gasteiger partial charge in [-0.1, -0.05) is 29.8 Å². The van der Waals surface area contributed by atoms with Crippen molar-refractivity contribution >= 4 is 15.9 Å². The third kappa shape index (κ3) is 4.19. The van der Waals surface area contributed by atoms with Gasteiger partial charge in [-0.2, -0.15) is 0 Å². The predicted octanol–water partition coefficient (Wildman–Crippen LogP) is 3.08. The molecular weight excluding hydrogens is 334 g/mol. The lowest BCUT2D eigenvalue weighted by Gasteiger charge is -2.42. The van der Waals surface area contributed by atoms with Gasteiger partial charge in [0, 0.05) is 24.0 Å². The lowest BCUT2D eigenvalue weighted by Crippen LogP contribution is -2.59. The molecule has 0 amide bonds. The van der Waals surface area contributed by atoms with Crippen molar-refractivity contribution in [2.75, 3.05) is 20.3 Å². The van der Waals surface area contributed by atoms with E-state index in [1.54, 1.807) is 7.11 Å². The van der Waals surface area contributed by atoms with E-state index in [-0.39, 0.29) is 18.2 Å². The molecule has 1 fully saturated rings. The Morgan fingerprint density at radius 1 is 1.33 bits per heavy atom. The molecule has 3 unspecified atom stereocenters. The van der Waals surface area contributed by atoms with Crippen LogP contribution in [-0.4, -0.2) is 38.6 Å². The maximum Gasteiger partial charge on any atom is 0.128 e. The van der Waals surface area contributed by atoms with Gasteiger partial charge in [0.15, 0.2) is 0 Å². The maximum atomic E-state index is 6.14. The van der Waals surface area contributed by atoms with Crippen LogP contribution in [0.1, 0.15) is 31.7 Å². The monoisotopic (exact) mass is 357 g/mol. The van der Waals surface area contributed by atoms with Gasteiger partial charge < -0.3 is 19.9 Å². The smallest absolute Gasteiger partial charge is 0.128 e. The second-order valence-electron chi connectivity index (χ2n) is 5.72. The summed E-state index contributed by atoms with van der Waals surface area (Å²) in [5, 5.41) is 0. The third-order valence-electron chi connectivity index (χ3n) is 3.76. The molecule has 4 nitrogen and oxygen atoms in total. The third-order valence-corrected chi connectivity index (χ3v) is 4.26. The van der Waals surface area contributed by atoms with Gasteiger partial charge in [0.1, 0.15) is 18.0 Å². The van der Waals surface area contributed by atoms with Crippen LogP contribution < -0.4 is 10.5 Å². The Morgan fingerprint density at radius 3 is 2.71 bits per heavy atom. The number of ether oxygens (including phenoxy) is 3. The van der Waals surface area contributed by atoms with Crippen molar-refractivity contribution in [3.05, 3.63) is 28.2 Å². The van der Waals surface area contributed by atoms with E-state index in [1.807, 2.05) is 12.1 Å². The average molecular weight is 358 g/mol. The maximum absolute atomic E-state index is 6.14. The number of hydrogen-bond acceptors (Lipinski definition) is 4. The highest BCUT2D eigenvalue weighted by molar-refractivity contribution is 9.10. The van der Waals surface area contributed by atoms with Gasteiger partial charge in [-0.15, -0.1) is 0 Å². The molecule has 0 aliphatic heterocycles. The molecule has 1 aliphatic rings. The SMILES string of the molecule is COCCOC1C(N)CC1Oc1ccc(Br)cc1C(C)C. The van der Waals surface area contributed by atoms with Gasteiger partial charge in [0.2, 0.25) is 0 Å². The average Bonchev–Trinajstić information content (AvgIpc) is 2.44. The van der Waals surface area contributed by atoms with Crippen LogP contribution in [0.4, 0.5) is 0 Å². The summed E-state index contributed by atoms with van der Waals surface area (Å²) < 4.78 is 18.0. The minimum absolute atomic E-state index is 0.0236. The zero-order valence-corrected chi connectivity index (χ0v) is 14.4. The predicted molar refractivity (Wildman–Crippen MR) is 86.9 cm³/mol. The largest absolute Gasteiger partial charge is 0.487 e. The molecule has 0 heterocycles. The van der Waals surface area contributed by atoms with E-state index in [0.717, 1.165) is 16.6 Å². The van der Waals surface area contributed by atoms with Gasteiger partial charge in [-0.25, -0.2) is 0 Å². The molecule has 2 N–H and O–H groups in total. The first-order chi connectivity index (χ1) is 10.0. The molecule has 0 bridgehead atoms. The highest BCUT2D eigenvalue weighted by atomic mass is 79.9. The number of methoxy groups -OCH3 is 1. The van der Waals surface area contributed by atoms with Gasteiger partial charge >= 0.3 is 0 Å². The molecule has 0 radical (unpaired) electrons. The minimum Gasteiger partial charge on any atom is -0.487 e. The molecule has 3 atom stereocenters. The summed E-state index contributed by atoms with van der Waals surface area (Å²) in [7, 11) is 1.66.